The van der Waals surface area contributed by atoms with E-state index in [2.05, 4.69) is 6.92 Å². The lowest BCUT2D eigenvalue weighted by atomic mass is 10.1. The average molecular weight is 182 g/mol. The molecule has 1 N–H and O–H groups in total. The molecule has 1 rings (SSSR count). The number of aromatic hydroxyl groups is 1. The van der Waals surface area contributed by atoms with Crippen LogP contribution in [0.4, 0.5) is 0 Å². The molecule has 66 valence electrons. The molecular weight excluding hydrogens is 168 g/mol. The van der Waals surface area contributed by atoms with Crippen LogP contribution in [0.2, 0.25) is 0 Å². The normalized spacial score (nSPS) is 10.2. The number of phenols is 1. The first kappa shape index (κ1) is 9.46. The second kappa shape index (κ2) is 4.41. The van der Waals surface area contributed by atoms with Crippen LogP contribution in [0, 0.1) is 6.92 Å². The Morgan fingerprint density at radius 2 is 2.17 bits per heavy atom. The van der Waals surface area contributed by atoms with Crippen molar-refractivity contribution in [3.05, 3.63) is 29.3 Å². The number of thioether (sulfide) groups is 1. The summed E-state index contributed by atoms with van der Waals surface area (Å²) in [4.78, 5) is 0. The van der Waals surface area contributed by atoms with Gasteiger partial charge in [0.2, 0.25) is 0 Å². The zero-order chi connectivity index (χ0) is 8.97. The number of para-hydroxylation sites is 1. The fraction of sp³-hybridized carbons (Fsp3) is 0.400. The van der Waals surface area contributed by atoms with E-state index in [1.54, 1.807) is 0 Å². The zero-order valence-corrected chi connectivity index (χ0v) is 8.32. The lowest BCUT2D eigenvalue weighted by molar-refractivity contribution is 0.466. The van der Waals surface area contributed by atoms with Crippen LogP contribution in [0.3, 0.4) is 0 Å². The Kier molecular flexibility index (Phi) is 3.48. The van der Waals surface area contributed by atoms with Crippen molar-refractivity contribution in [2.75, 3.05) is 5.75 Å². The second-order valence-corrected chi connectivity index (χ2v) is 3.99. The van der Waals surface area contributed by atoms with Crippen LogP contribution >= 0.6 is 11.8 Å². The highest BCUT2D eigenvalue weighted by atomic mass is 32.2. The number of rotatable bonds is 3. The number of hydrogen-bond donors (Lipinski definition) is 1. The molecule has 0 spiro atoms. The minimum Gasteiger partial charge on any atom is -0.507 e. The quantitative estimate of drug-likeness (QED) is 0.775. The standard InChI is InChI=1S/C10H14OS/c1-3-12-7-9-6-4-5-8(2)10(9)11/h4-6,11H,3,7H2,1-2H3. The Hall–Kier alpha value is -0.630. The van der Waals surface area contributed by atoms with Crippen LogP contribution in [-0.2, 0) is 5.75 Å². The Morgan fingerprint density at radius 3 is 2.83 bits per heavy atom. The lowest BCUT2D eigenvalue weighted by Gasteiger charge is -2.05. The van der Waals surface area contributed by atoms with Crippen LogP contribution in [0.1, 0.15) is 18.1 Å². The van der Waals surface area contributed by atoms with E-state index in [-0.39, 0.29) is 0 Å². The van der Waals surface area contributed by atoms with E-state index in [4.69, 9.17) is 0 Å². The highest BCUT2D eigenvalue weighted by Crippen LogP contribution is 2.25. The molecule has 0 saturated carbocycles. The van der Waals surface area contributed by atoms with Crippen molar-refractivity contribution in [3.63, 3.8) is 0 Å². The summed E-state index contributed by atoms with van der Waals surface area (Å²) < 4.78 is 0. The summed E-state index contributed by atoms with van der Waals surface area (Å²) in [5, 5.41) is 9.61. The molecule has 0 aliphatic heterocycles. The van der Waals surface area contributed by atoms with Gasteiger partial charge in [0.15, 0.2) is 0 Å². The van der Waals surface area contributed by atoms with E-state index >= 15 is 0 Å². The van der Waals surface area contributed by atoms with E-state index < -0.39 is 0 Å². The van der Waals surface area contributed by atoms with Gasteiger partial charge in [0.1, 0.15) is 5.75 Å². The number of phenolic OH excluding ortho intramolecular Hbond substituents is 1. The van der Waals surface area contributed by atoms with E-state index in [1.807, 2.05) is 36.9 Å². The fourth-order valence-electron chi connectivity index (χ4n) is 1.05. The molecule has 1 aromatic carbocycles. The third-order valence-electron chi connectivity index (χ3n) is 1.78. The van der Waals surface area contributed by atoms with Gasteiger partial charge in [-0.25, -0.2) is 0 Å². The molecule has 0 aromatic heterocycles. The molecule has 0 atom stereocenters. The van der Waals surface area contributed by atoms with Crippen LogP contribution in [0.5, 0.6) is 5.75 Å². The second-order valence-electron chi connectivity index (χ2n) is 2.72. The summed E-state index contributed by atoms with van der Waals surface area (Å²) >= 11 is 1.82. The van der Waals surface area contributed by atoms with Gasteiger partial charge in [-0.1, -0.05) is 25.1 Å². The maximum atomic E-state index is 9.61. The fourth-order valence-corrected chi connectivity index (χ4v) is 1.71. The third kappa shape index (κ3) is 2.18. The van der Waals surface area contributed by atoms with Crippen molar-refractivity contribution in [1.29, 1.82) is 0 Å². The predicted molar refractivity (Wildman–Crippen MR) is 54.7 cm³/mol. The van der Waals surface area contributed by atoms with Crippen LogP contribution in [-0.4, -0.2) is 10.9 Å². The molecule has 0 bridgehead atoms. The summed E-state index contributed by atoms with van der Waals surface area (Å²) in [6.45, 7) is 4.05. The van der Waals surface area contributed by atoms with Crippen molar-refractivity contribution in [1.82, 2.24) is 0 Å². The number of benzene rings is 1. The maximum absolute atomic E-state index is 9.61. The van der Waals surface area contributed by atoms with Gasteiger partial charge in [0.25, 0.3) is 0 Å². The summed E-state index contributed by atoms with van der Waals surface area (Å²) in [7, 11) is 0. The van der Waals surface area contributed by atoms with E-state index in [0.29, 0.717) is 5.75 Å². The minimum absolute atomic E-state index is 0.457. The van der Waals surface area contributed by atoms with Crippen LogP contribution < -0.4 is 0 Å². The molecule has 0 fully saturated rings. The predicted octanol–water partition coefficient (Wildman–Crippen LogP) is 2.95. The first-order valence-corrected chi connectivity index (χ1v) is 5.26. The molecule has 0 amide bonds. The van der Waals surface area contributed by atoms with Crippen molar-refractivity contribution in [3.8, 4) is 5.75 Å². The molecule has 0 aliphatic carbocycles. The van der Waals surface area contributed by atoms with Gasteiger partial charge < -0.3 is 5.11 Å². The first-order chi connectivity index (χ1) is 5.75. The third-order valence-corrected chi connectivity index (χ3v) is 2.71. The summed E-state index contributed by atoms with van der Waals surface area (Å²) in [6.07, 6.45) is 0. The minimum atomic E-state index is 0.457. The van der Waals surface area contributed by atoms with Gasteiger partial charge in [-0.2, -0.15) is 11.8 Å². The molecule has 0 heterocycles. The summed E-state index contributed by atoms with van der Waals surface area (Å²) in [6, 6.07) is 5.89. The molecule has 0 saturated heterocycles. The van der Waals surface area contributed by atoms with Crippen molar-refractivity contribution in [2.45, 2.75) is 19.6 Å². The first-order valence-electron chi connectivity index (χ1n) is 4.11. The van der Waals surface area contributed by atoms with Gasteiger partial charge in [-0.15, -0.1) is 0 Å². The maximum Gasteiger partial charge on any atom is 0.122 e. The Balaban J connectivity index is 2.78. The number of aryl methyl sites for hydroxylation is 1. The lowest BCUT2D eigenvalue weighted by Crippen LogP contribution is -1.84. The van der Waals surface area contributed by atoms with Gasteiger partial charge in [-0.05, 0) is 18.2 Å². The van der Waals surface area contributed by atoms with Crippen LogP contribution in [0.25, 0.3) is 0 Å². The monoisotopic (exact) mass is 182 g/mol. The highest BCUT2D eigenvalue weighted by Gasteiger charge is 2.01. The van der Waals surface area contributed by atoms with E-state index in [0.717, 1.165) is 22.6 Å². The molecule has 2 heteroatoms. The van der Waals surface area contributed by atoms with E-state index in [1.165, 1.54) is 0 Å². The van der Waals surface area contributed by atoms with Gasteiger partial charge in [0.05, 0.1) is 0 Å². The van der Waals surface area contributed by atoms with Gasteiger partial charge in [-0.3, -0.25) is 0 Å². The highest BCUT2D eigenvalue weighted by molar-refractivity contribution is 7.98. The van der Waals surface area contributed by atoms with Gasteiger partial charge >= 0.3 is 0 Å². The Bertz CT molecular complexity index is 258. The largest absolute Gasteiger partial charge is 0.507 e. The van der Waals surface area contributed by atoms with E-state index in [9.17, 15) is 5.11 Å². The summed E-state index contributed by atoms with van der Waals surface area (Å²) in [5.74, 6) is 2.45. The molecule has 0 radical (unpaired) electrons. The summed E-state index contributed by atoms with van der Waals surface area (Å²) in [5.41, 5.74) is 2.01. The molecule has 0 unspecified atom stereocenters. The van der Waals surface area contributed by atoms with Crippen molar-refractivity contribution in [2.24, 2.45) is 0 Å². The Labute approximate surface area is 77.8 Å². The average Bonchev–Trinajstić information content (AvgIpc) is 2.08. The molecule has 12 heavy (non-hydrogen) atoms. The number of hydrogen-bond acceptors (Lipinski definition) is 2. The van der Waals surface area contributed by atoms with Crippen molar-refractivity contribution < 1.29 is 5.11 Å². The van der Waals surface area contributed by atoms with Gasteiger partial charge in [0, 0.05) is 11.3 Å². The SMILES string of the molecule is CCSCc1cccc(C)c1O. The molecule has 0 aliphatic rings. The van der Waals surface area contributed by atoms with Crippen LogP contribution in [0.15, 0.2) is 18.2 Å². The topological polar surface area (TPSA) is 20.2 Å². The Morgan fingerprint density at radius 1 is 1.42 bits per heavy atom. The molecule has 1 nitrogen and oxygen atoms in total. The zero-order valence-electron chi connectivity index (χ0n) is 7.50. The molecule has 1 aromatic rings. The van der Waals surface area contributed by atoms with Crippen molar-refractivity contribution >= 4 is 11.8 Å². The smallest absolute Gasteiger partial charge is 0.122 e. The molecular formula is C10H14OS.